The largest absolute Gasteiger partial charge is 0.361 e. The first kappa shape index (κ1) is 20.6. The van der Waals surface area contributed by atoms with E-state index in [2.05, 4.69) is 77.4 Å². The Morgan fingerprint density at radius 1 is 1.43 bits per heavy atom. The molecule has 2 aliphatic heterocycles. The van der Waals surface area contributed by atoms with Crippen LogP contribution in [0.25, 0.3) is 10.9 Å². The zero-order valence-electron chi connectivity index (χ0n) is 18.1. The van der Waals surface area contributed by atoms with E-state index >= 15 is 0 Å². The third-order valence-electron chi connectivity index (χ3n) is 7.19. The maximum atomic E-state index is 13.4. The van der Waals surface area contributed by atoms with E-state index in [-0.39, 0.29) is 29.3 Å². The number of amidine groups is 1. The Labute approximate surface area is 177 Å². The second kappa shape index (κ2) is 7.87. The predicted octanol–water partition coefficient (Wildman–Crippen LogP) is 3.61. The lowest BCUT2D eigenvalue weighted by Gasteiger charge is -2.60. The molecule has 3 fully saturated rings. The molecule has 0 spiro atoms. The van der Waals surface area contributed by atoms with E-state index in [0.29, 0.717) is 12.3 Å². The number of benzene rings is 1. The molecule has 1 aromatic carbocycles. The minimum absolute atomic E-state index is 0.0996. The van der Waals surface area contributed by atoms with Crippen molar-refractivity contribution in [2.75, 3.05) is 0 Å². The highest BCUT2D eigenvalue weighted by atomic mass is 16.2. The molecule has 3 heterocycles. The third-order valence-corrected chi connectivity index (χ3v) is 7.19. The first-order valence-electron chi connectivity index (χ1n) is 10.8. The van der Waals surface area contributed by atoms with Gasteiger partial charge in [0.15, 0.2) is 0 Å². The molecular formula is C23H32N6O. The number of hydrogen-bond acceptors (Lipinski definition) is 4. The summed E-state index contributed by atoms with van der Waals surface area (Å²) in [6.45, 7) is 9.89. The van der Waals surface area contributed by atoms with Gasteiger partial charge in [-0.15, -0.1) is 5.10 Å². The summed E-state index contributed by atoms with van der Waals surface area (Å²) in [6, 6.07) is 6.73. The van der Waals surface area contributed by atoms with Gasteiger partial charge in [0.05, 0.1) is 0 Å². The number of nitrogens with zero attached hydrogens (tertiary/aromatic N) is 3. The van der Waals surface area contributed by atoms with Crippen LogP contribution in [0.15, 0.2) is 34.6 Å². The van der Waals surface area contributed by atoms with Crippen molar-refractivity contribution in [1.29, 1.82) is 0 Å². The Hall–Kier alpha value is -2.67. The lowest BCUT2D eigenvalue weighted by Crippen LogP contribution is -2.68. The molecule has 1 aromatic heterocycles. The lowest BCUT2D eigenvalue weighted by atomic mass is 9.57. The van der Waals surface area contributed by atoms with Crippen LogP contribution in [-0.2, 0) is 4.79 Å². The highest BCUT2D eigenvalue weighted by Crippen LogP contribution is 2.54. The van der Waals surface area contributed by atoms with E-state index in [4.69, 9.17) is 5.84 Å². The molecule has 30 heavy (non-hydrogen) atoms. The number of nitrogens with two attached hydrogens (primary N) is 1. The van der Waals surface area contributed by atoms with Gasteiger partial charge in [0.2, 0.25) is 5.91 Å². The monoisotopic (exact) mass is 408 g/mol. The van der Waals surface area contributed by atoms with Crippen molar-refractivity contribution in [3.63, 3.8) is 0 Å². The van der Waals surface area contributed by atoms with Gasteiger partial charge >= 0.3 is 0 Å². The normalized spacial score (nSPS) is 26.9. The van der Waals surface area contributed by atoms with Gasteiger partial charge in [-0.3, -0.25) is 4.79 Å². The number of piperidine rings is 2. The van der Waals surface area contributed by atoms with Crippen LogP contribution in [0.5, 0.6) is 0 Å². The first-order chi connectivity index (χ1) is 14.4. The maximum absolute atomic E-state index is 13.4. The third kappa shape index (κ3) is 3.21. The van der Waals surface area contributed by atoms with Crippen LogP contribution < -0.4 is 11.3 Å². The molecule has 160 valence electrons. The van der Waals surface area contributed by atoms with Crippen LogP contribution >= 0.6 is 0 Å². The van der Waals surface area contributed by atoms with Crippen LogP contribution in [0, 0.1) is 12.3 Å². The van der Waals surface area contributed by atoms with Gasteiger partial charge in [-0.25, -0.2) is 5.84 Å². The summed E-state index contributed by atoms with van der Waals surface area (Å²) in [6.07, 6.45) is 6.14. The summed E-state index contributed by atoms with van der Waals surface area (Å²) < 4.78 is 0. The molecule has 2 aromatic rings. The van der Waals surface area contributed by atoms with E-state index < -0.39 is 0 Å². The van der Waals surface area contributed by atoms with Crippen molar-refractivity contribution < 1.29 is 4.79 Å². The number of carbonyl (C=O) groups excluding carboxylic acids is 1. The van der Waals surface area contributed by atoms with Gasteiger partial charge < -0.3 is 15.3 Å². The number of hydrogen-bond donors (Lipinski definition) is 3. The molecule has 0 radical (unpaired) electrons. The number of aromatic nitrogens is 1. The average molecular weight is 409 g/mol. The molecule has 1 aliphatic carbocycles. The number of amides is 1. The van der Waals surface area contributed by atoms with E-state index in [0.717, 1.165) is 31.2 Å². The number of nitrogens with one attached hydrogen (secondary N) is 2. The summed E-state index contributed by atoms with van der Waals surface area (Å²) >= 11 is 0. The van der Waals surface area contributed by atoms with Crippen LogP contribution in [0.2, 0.25) is 0 Å². The number of carbonyl (C=O) groups is 1. The Bertz CT molecular complexity index is 987. The molecule has 2 atom stereocenters. The molecule has 2 saturated heterocycles. The predicted molar refractivity (Wildman–Crippen MR) is 121 cm³/mol. The molecule has 3 aliphatic rings. The summed E-state index contributed by atoms with van der Waals surface area (Å²) in [4.78, 5) is 18.9. The van der Waals surface area contributed by atoms with Crippen molar-refractivity contribution in [3.05, 3.63) is 35.5 Å². The van der Waals surface area contributed by atoms with Crippen LogP contribution in [0.1, 0.15) is 63.0 Å². The van der Waals surface area contributed by atoms with Crippen LogP contribution in [0.4, 0.5) is 0 Å². The molecule has 5 rings (SSSR count). The summed E-state index contributed by atoms with van der Waals surface area (Å²) in [5.41, 5.74) is 6.23. The van der Waals surface area contributed by atoms with Gasteiger partial charge in [-0.05, 0) is 55.7 Å². The first-order valence-corrected chi connectivity index (χ1v) is 10.8. The van der Waals surface area contributed by atoms with Crippen molar-refractivity contribution in [2.45, 2.75) is 70.9 Å². The molecule has 1 saturated carbocycles. The summed E-state index contributed by atoms with van der Waals surface area (Å²) in [5.74, 6) is 6.81. The van der Waals surface area contributed by atoms with Crippen molar-refractivity contribution in [3.8, 4) is 0 Å². The van der Waals surface area contributed by atoms with Crippen molar-refractivity contribution >= 4 is 29.4 Å². The number of hydrazine groups is 1. The standard InChI is InChI=1S/C23H32N6O/c1-5-16-10-23(22(27-24)28-25-4)11-17(12-23)29(16)20(30)9-15(3)18-13-26-19-8-6-7-14(2)21(18)19/h6-8,13,15-17,26H,4-5,9-12,24H2,1-3H3,(H,27,28). The van der Waals surface area contributed by atoms with Gasteiger partial charge in [0.25, 0.3) is 0 Å². The maximum Gasteiger partial charge on any atom is 0.223 e. The molecule has 2 unspecified atom stereocenters. The van der Waals surface area contributed by atoms with E-state index in [1.165, 1.54) is 16.5 Å². The minimum Gasteiger partial charge on any atom is -0.361 e. The minimum atomic E-state index is -0.0996. The Kier molecular flexibility index (Phi) is 5.40. The number of aromatic amines is 1. The van der Waals surface area contributed by atoms with E-state index in [9.17, 15) is 4.79 Å². The highest BCUT2D eigenvalue weighted by Gasteiger charge is 2.58. The van der Waals surface area contributed by atoms with Gasteiger partial charge in [0, 0.05) is 47.7 Å². The van der Waals surface area contributed by atoms with Gasteiger partial charge in [-0.2, -0.15) is 5.10 Å². The van der Waals surface area contributed by atoms with Gasteiger partial charge in [-0.1, -0.05) is 26.0 Å². The molecule has 1 amide bonds. The molecular weight excluding hydrogens is 376 g/mol. The molecule has 7 heteroatoms. The zero-order chi connectivity index (χ0) is 21.5. The Balaban J connectivity index is 1.51. The van der Waals surface area contributed by atoms with Gasteiger partial charge in [0.1, 0.15) is 5.84 Å². The second-order valence-corrected chi connectivity index (χ2v) is 8.99. The topological polar surface area (TPSA) is 98.9 Å². The van der Waals surface area contributed by atoms with Crippen LogP contribution in [0.3, 0.4) is 0 Å². The average Bonchev–Trinajstić information content (AvgIpc) is 3.16. The zero-order valence-corrected chi connectivity index (χ0v) is 18.1. The summed E-state index contributed by atoms with van der Waals surface area (Å²) in [7, 11) is 0. The fourth-order valence-electron chi connectivity index (χ4n) is 5.72. The number of H-pyrrole nitrogens is 1. The smallest absolute Gasteiger partial charge is 0.223 e. The quantitative estimate of drug-likeness (QED) is 0.295. The fraction of sp³-hybridized carbons (Fsp3) is 0.522. The number of fused-ring (bicyclic) bond motifs is 3. The Morgan fingerprint density at radius 2 is 2.20 bits per heavy atom. The highest BCUT2D eigenvalue weighted by molar-refractivity contribution is 5.91. The second-order valence-electron chi connectivity index (χ2n) is 8.99. The number of aryl methyl sites for hydroxylation is 1. The molecule has 2 bridgehead atoms. The van der Waals surface area contributed by atoms with Crippen molar-refractivity contribution in [2.24, 2.45) is 21.5 Å². The van der Waals surface area contributed by atoms with Crippen molar-refractivity contribution in [1.82, 2.24) is 15.3 Å². The fourth-order valence-corrected chi connectivity index (χ4v) is 5.72. The molecule has 4 N–H and O–H groups in total. The molecule has 7 nitrogen and oxygen atoms in total. The summed E-state index contributed by atoms with van der Waals surface area (Å²) in [5, 5.41) is 9.04. The number of rotatable bonds is 6. The van der Waals surface area contributed by atoms with Crippen LogP contribution in [-0.4, -0.2) is 40.4 Å². The lowest BCUT2D eigenvalue weighted by molar-refractivity contribution is -0.151. The van der Waals surface area contributed by atoms with E-state index in [1.807, 2.05) is 0 Å². The SMILES string of the molecule is C=N/N=C(\NN)C12CC(CC)N(C(=O)CC(C)c3c[nH]c4cccc(C)c34)C(C1)C2. The van der Waals surface area contributed by atoms with E-state index in [1.54, 1.807) is 0 Å². The Morgan fingerprint density at radius 3 is 2.87 bits per heavy atom.